The Hall–Kier alpha value is -2.95. The Morgan fingerprint density at radius 3 is 2.43 bits per heavy atom. The van der Waals surface area contributed by atoms with Crippen LogP contribution in [0.3, 0.4) is 0 Å². The highest BCUT2D eigenvalue weighted by molar-refractivity contribution is 6.54. The van der Waals surface area contributed by atoms with E-state index in [-0.39, 0.29) is 5.91 Å². The van der Waals surface area contributed by atoms with Crippen molar-refractivity contribution in [3.8, 4) is 0 Å². The van der Waals surface area contributed by atoms with E-state index in [1.54, 1.807) is 18.2 Å². The second-order valence-corrected chi connectivity index (χ2v) is 5.56. The monoisotopic (exact) mass is 306 g/mol. The number of amides is 1. The van der Waals surface area contributed by atoms with E-state index >= 15 is 0 Å². The fourth-order valence-corrected chi connectivity index (χ4v) is 2.46. The summed E-state index contributed by atoms with van der Waals surface area (Å²) in [5, 5.41) is 8.22. The van der Waals surface area contributed by atoms with Gasteiger partial charge in [-0.25, -0.2) is 0 Å². The summed E-state index contributed by atoms with van der Waals surface area (Å²) in [7, 11) is 5.73. The van der Waals surface area contributed by atoms with Gasteiger partial charge in [-0.05, 0) is 23.8 Å². The van der Waals surface area contributed by atoms with Gasteiger partial charge >= 0.3 is 0 Å². The van der Waals surface area contributed by atoms with Gasteiger partial charge in [0.2, 0.25) is 0 Å². The Morgan fingerprint density at radius 2 is 1.74 bits per heavy atom. The van der Waals surface area contributed by atoms with Crippen LogP contribution < -0.4 is 9.80 Å². The number of fused-ring (bicyclic) bond motifs is 1. The Kier molecular flexibility index (Phi) is 3.93. The minimum Gasteiger partial charge on any atom is -0.378 e. The zero-order chi connectivity index (χ0) is 16.4. The average Bonchev–Trinajstić information content (AvgIpc) is 2.81. The van der Waals surface area contributed by atoms with E-state index in [4.69, 9.17) is 0 Å². The summed E-state index contributed by atoms with van der Waals surface area (Å²) < 4.78 is 0. The Labute approximate surface area is 135 Å². The van der Waals surface area contributed by atoms with Gasteiger partial charge in [0.05, 0.1) is 11.9 Å². The molecule has 0 unspecified atom stereocenters. The summed E-state index contributed by atoms with van der Waals surface area (Å²) >= 11 is 0. The molecule has 2 aromatic carbocycles. The predicted molar refractivity (Wildman–Crippen MR) is 94.8 cm³/mol. The maximum absolute atomic E-state index is 12.2. The number of anilines is 2. The van der Waals surface area contributed by atoms with Crippen molar-refractivity contribution in [3.63, 3.8) is 0 Å². The number of rotatable bonds is 3. The fourth-order valence-electron chi connectivity index (χ4n) is 2.46. The molecule has 116 valence electrons. The van der Waals surface area contributed by atoms with Gasteiger partial charge in [0.25, 0.3) is 5.91 Å². The van der Waals surface area contributed by atoms with E-state index in [1.807, 2.05) is 67.5 Å². The van der Waals surface area contributed by atoms with Crippen molar-refractivity contribution in [1.82, 2.24) is 0 Å². The van der Waals surface area contributed by atoms with Crippen molar-refractivity contribution in [2.75, 3.05) is 30.9 Å². The molecule has 0 aromatic heterocycles. The van der Waals surface area contributed by atoms with E-state index in [2.05, 4.69) is 10.2 Å². The minimum absolute atomic E-state index is 0.133. The predicted octanol–water partition coefficient (Wildman–Crippen LogP) is 2.55. The first-order valence-electron chi connectivity index (χ1n) is 7.34. The van der Waals surface area contributed by atoms with Crippen LogP contribution in [0.5, 0.6) is 0 Å². The van der Waals surface area contributed by atoms with Crippen LogP contribution in [0, 0.1) is 0 Å². The third-order valence-electron chi connectivity index (χ3n) is 3.80. The first-order chi connectivity index (χ1) is 11.1. The summed E-state index contributed by atoms with van der Waals surface area (Å²) in [6.45, 7) is 0. The molecule has 1 aliphatic heterocycles. The molecule has 23 heavy (non-hydrogen) atoms. The van der Waals surface area contributed by atoms with Crippen LogP contribution in [0.4, 0.5) is 11.4 Å². The van der Waals surface area contributed by atoms with Crippen molar-refractivity contribution in [2.45, 2.75) is 0 Å². The summed E-state index contributed by atoms with van der Waals surface area (Å²) in [6, 6.07) is 15.5. The number of carbonyl (C=O) groups is 1. The number of benzene rings is 2. The molecule has 0 saturated heterocycles. The lowest BCUT2D eigenvalue weighted by molar-refractivity contribution is -0.111. The van der Waals surface area contributed by atoms with Gasteiger partial charge in [-0.3, -0.25) is 4.79 Å². The first-order valence-corrected chi connectivity index (χ1v) is 7.34. The van der Waals surface area contributed by atoms with Gasteiger partial charge in [-0.15, -0.1) is 5.10 Å². The van der Waals surface area contributed by atoms with Crippen LogP contribution in [0.2, 0.25) is 0 Å². The molecule has 1 amide bonds. The molecule has 3 rings (SSSR count). The van der Waals surface area contributed by atoms with Gasteiger partial charge in [-0.2, -0.15) is 5.10 Å². The molecule has 1 heterocycles. The molecule has 0 N–H and O–H groups in total. The molecule has 5 nitrogen and oxygen atoms in total. The zero-order valence-corrected chi connectivity index (χ0v) is 13.4. The molecular weight excluding hydrogens is 288 g/mol. The Balaban J connectivity index is 1.84. The summed E-state index contributed by atoms with van der Waals surface area (Å²) in [4.78, 5) is 15.9. The molecule has 0 fully saturated rings. The Morgan fingerprint density at radius 1 is 1.04 bits per heavy atom. The normalized spacial score (nSPS) is 15.5. The zero-order valence-electron chi connectivity index (χ0n) is 13.4. The largest absolute Gasteiger partial charge is 0.378 e. The second kappa shape index (κ2) is 6.04. The SMILES string of the molecule is CN(C)c1ccc(/C=N/N=C2/C(=O)N(C)c3ccccc32)cc1. The molecule has 0 aliphatic carbocycles. The van der Waals surface area contributed by atoms with Gasteiger partial charge in [-0.1, -0.05) is 30.3 Å². The minimum atomic E-state index is -0.133. The fraction of sp³-hybridized carbons (Fsp3) is 0.167. The topological polar surface area (TPSA) is 48.3 Å². The van der Waals surface area contributed by atoms with Crippen molar-refractivity contribution in [3.05, 3.63) is 59.7 Å². The lowest BCUT2D eigenvalue weighted by Gasteiger charge is -2.11. The maximum atomic E-state index is 12.2. The van der Waals surface area contributed by atoms with Crippen molar-refractivity contribution in [2.24, 2.45) is 10.2 Å². The second-order valence-electron chi connectivity index (χ2n) is 5.56. The van der Waals surface area contributed by atoms with E-state index in [1.165, 1.54) is 0 Å². The number of hydrogen-bond donors (Lipinski definition) is 0. The molecule has 0 radical (unpaired) electrons. The van der Waals surface area contributed by atoms with Crippen molar-refractivity contribution < 1.29 is 4.79 Å². The number of carbonyl (C=O) groups excluding carboxylic acids is 1. The summed E-state index contributed by atoms with van der Waals surface area (Å²) in [6.07, 6.45) is 1.65. The first kappa shape index (κ1) is 15.0. The number of para-hydroxylation sites is 1. The van der Waals surface area contributed by atoms with Crippen molar-refractivity contribution in [1.29, 1.82) is 0 Å². The van der Waals surface area contributed by atoms with Crippen LogP contribution >= 0.6 is 0 Å². The third-order valence-corrected chi connectivity index (χ3v) is 3.80. The Bertz CT molecular complexity index is 791. The van der Waals surface area contributed by atoms with Crippen LogP contribution in [0.15, 0.2) is 58.7 Å². The highest BCUT2D eigenvalue weighted by atomic mass is 16.2. The van der Waals surface area contributed by atoms with E-state index < -0.39 is 0 Å². The molecule has 5 heteroatoms. The molecule has 1 aliphatic rings. The van der Waals surface area contributed by atoms with Crippen LogP contribution in [-0.4, -0.2) is 39.0 Å². The van der Waals surface area contributed by atoms with Crippen LogP contribution in [0.1, 0.15) is 11.1 Å². The molecular formula is C18H18N4O. The molecule has 0 saturated carbocycles. The van der Waals surface area contributed by atoms with E-state index in [0.717, 1.165) is 22.5 Å². The average molecular weight is 306 g/mol. The lowest BCUT2D eigenvalue weighted by Crippen LogP contribution is -2.25. The van der Waals surface area contributed by atoms with E-state index in [0.29, 0.717) is 5.71 Å². The maximum Gasteiger partial charge on any atom is 0.279 e. The smallest absolute Gasteiger partial charge is 0.279 e. The van der Waals surface area contributed by atoms with E-state index in [9.17, 15) is 4.79 Å². The molecule has 0 bridgehead atoms. The quantitative estimate of drug-likeness (QED) is 0.646. The highest BCUT2D eigenvalue weighted by Gasteiger charge is 2.30. The van der Waals surface area contributed by atoms with Crippen LogP contribution in [0.25, 0.3) is 0 Å². The number of nitrogens with zero attached hydrogens (tertiary/aromatic N) is 4. The third kappa shape index (κ3) is 2.85. The van der Waals surface area contributed by atoms with Crippen molar-refractivity contribution >= 4 is 29.2 Å². The van der Waals surface area contributed by atoms with Gasteiger partial charge in [0, 0.05) is 32.4 Å². The summed E-state index contributed by atoms with van der Waals surface area (Å²) in [5.74, 6) is -0.133. The highest BCUT2D eigenvalue weighted by Crippen LogP contribution is 2.27. The van der Waals surface area contributed by atoms with Crippen LogP contribution in [-0.2, 0) is 4.79 Å². The lowest BCUT2D eigenvalue weighted by atomic mass is 10.1. The molecule has 0 atom stereocenters. The van der Waals surface area contributed by atoms with Gasteiger partial charge in [0.1, 0.15) is 0 Å². The standard InChI is InChI=1S/C18H18N4O/c1-21(2)14-10-8-13(9-11-14)12-19-20-17-15-6-4-5-7-16(15)22(3)18(17)23/h4-12H,1-3H3/b19-12+,20-17+. The van der Waals surface area contributed by atoms with Gasteiger partial charge in [0.15, 0.2) is 5.71 Å². The van der Waals surface area contributed by atoms with Gasteiger partial charge < -0.3 is 9.80 Å². The number of hydrogen-bond acceptors (Lipinski definition) is 4. The summed E-state index contributed by atoms with van der Waals surface area (Å²) in [5.41, 5.74) is 4.12. The number of likely N-dealkylation sites (N-methyl/N-ethyl adjacent to an activating group) is 1. The molecule has 0 spiro atoms. The molecule has 2 aromatic rings.